The summed E-state index contributed by atoms with van der Waals surface area (Å²) in [5.41, 5.74) is 6.89. The maximum absolute atomic E-state index is 12.0. The first kappa shape index (κ1) is 17.8. The predicted molar refractivity (Wildman–Crippen MR) is 90.2 cm³/mol. The van der Waals surface area contributed by atoms with Crippen molar-refractivity contribution in [2.75, 3.05) is 20.3 Å². The summed E-state index contributed by atoms with van der Waals surface area (Å²) in [6.45, 7) is 1.46. The molecule has 0 unspecified atom stereocenters. The van der Waals surface area contributed by atoms with Gasteiger partial charge in [0.05, 0.1) is 13.7 Å². The molecule has 1 saturated carbocycles. The fourth-order valence-corrected chi connectivity index (χ4v) is 2.85. The highest BCUT2D eigenvalue weighted by Gasteiger charge is 2.16. The molecule has 3 N–H and O–H groups in total. The molecule has 0 saturated heterocycles. The van der Waals surface area contributed by atoms with Crippen LogP contribution >= 0.6 is 0 Å². The molecule has 0 radical (unpaired) electrons. The van der Waals surface area contributed by atoms with Gasteiger partial charge >= 0.3 is 0 Å². The van der Waals surface area contributed by atoms with Crippen LogP contribution in [0.5, 0.6) is 5.75 Å². The summed E-state index contributed by atoms with van der Waals surface area (Å²) >= 11 is 0. The van der Waals surface area contributed by atoms with E-state index in [1.165, 1.54) is 32.1 Å². The van der Waals surface area contributed by atoms with Gasteiger partial charge < -0.3 is 20.5 Å². The van der Waals surface area contributed by atoms with Crippen LogP contribution in [0.25, 0.3) is 0 Å². The van der Waals surface area contributed by atoms with Crippen molar-refractivity contribution in [2.45, 2.75) is 44.7 Å². The first-order valence-electron chi connectivity index (χ1n) is 8.43. The Hall–Kier alpha value is -1.59. The second kappa shape index (κ2) is 9.53. The number of hydrogen-bond donors (Lipinski definition) is 2. The van der Waals surface area contributed by atoms with Gasteiger partial charge in [0.25, 0.3) is 0 Å². The van der Waals surface area contributed by atoms with Gasteiger partial charge in [-0.05, 0) is 36.5 Å². The van der Waals surface area contributed by atoms with Crippen LogP contribution in [0, 0.1) is 5.92 Å². The molecule has 1 aromatic carbocycles. The fourth-order valence-electron chi connectivity index (χ4n) is 2.85. The largest absolute Gasteiger partial charge is 0.497 e. The van der Waals surface area contributed by atoms with Gasteiger partial charge in [-0.15, -0.1) is 0 Å². The molecule has 1 fully saturated rings. The van der Waals surface area contributed by atoms with Crippen molar-refractivity contribution in [2.24, 2.45) is 11.7 Å². The third kappa shape index (κ3) is 6.20. The zero-order chi connectivity index (χ0) is 16.5. The maximum Gasteiger partial charge on any atom is 0.239 e. The van der Waals surface area contributed by atoms with Gasteiger partial charge in [-0.1, -0.05) is 31.4 Å². The number of nitrogens with two attached hydrogens (primary N) is 1. The van der Waals surface area contributed by atoms with Crippen LogP contribution in [0.3, 0.4) is 0 Å². The molecule has 0 aliphatic heterocycles. The standard InChI is InChI=1S/C18H28N2O3/c1-22-16-9-7-14(8-10-16)11-20-18(21)17(19)13-23-12-15-5-3-2-4-6-15/h7-10,15,17H,2-6,11-13,19H2,1H3,(H,20,21)/t17-/m0/s1. The molecular formula is C18H28N2O3. The van der Waals surface area contributed by atoms with Crippen molar-refractivity contribution in [3.05, 3.63) is 29.8 Å². The fraction of sp³-hybridized carbons (Fsp3) is 0.611. The third-order valence-electron chi connectivity index (χ3n) is 4.34. The van der Waals surface area contributed by atoms with E-state index in [0.29, 0.717) is 12.5 Å². The van der Waals surface area contributed by atoms with Crippen LogP contribution in [0.1, 0.15) is 37.7 Å². The molecule has 23 heavy (non-hydrogen) atoms. The summed E-state index contributed by atoms with van der Waals surface area (Å²) in [6.07, 6.45) is 6.40. The molecule has 1 amide bonds. The monoisotopic (exact) mass is 320 g/mol. The van der Waals surface area contributed by atoms with Crippen LogP contribution in [-0.2, 0) is 16.1 Å². The Balaban J connectivity index is 1.63. The van der Waals surface area contributed by atoms with E-state index in [1.807, 2.05) is 24.3 Å². The van der Waals surface area contributed by atoms with Crippen molar-refractivity contribution < 1.29 is 14.3 Å². The molecule has 5 nitrogen and oxygen atoms in total. The number of nitrogens with one attached hydrogen (secondary N) is 1. The van der Waals surface area contributed by atoms with Crippen LogP contribution in [-0.4, -0.2) is 32.3 Å². The number of carbonyl (C=O) groups is 1. The minimum Gasteiger partial charge on any atom is -0.497 e. The first-order chi connectivity index (χ1) is 11.2. The lowest BCUT2D eigenvalue weighted by Gasteiger charge is -2.22. The minimum atomic E-state index is -0.614. The molecule has 0 heterocycles. The van der Waals surface area contributed by atoms with Crippen LogP contribution in [0.15, 0.2) is 24.3 Å². The van der Waals surface area contributed by atoms with E-state index in [0.717, 1.165) is 17.9 Å². The third-order valence-corrected chi connectivity index (χ3v) is 4.34. The van der Waals surface area contributed by atoms with Gasteiger partial charge in [-0.25, -0.2) is 0 Å². The highest BCUT2D eigenvalue weighted by atomic mass is 16.5. The molecule has 1 aliphatic rings. The van der Waals surface area contributed by atoms with Crippen molar-refractivity contribution >= 4 is 5.91 Å². The number of rotatable bonds is 8. The van der Waals surface area contributed by atoms with Gasteiger partial charge in [0.1, 0.15) is 11.8 Å². The maximum atomic E-state index is 12.0. The molecule has 0 bridgehead atoms. The van der Waals surface area contributed by atoms with Crippen LogP contribution in [0.2, 0.25) is 0 Å². The average molecular weight is 320 g/mol. The van der Waals surface area contributed by atoms with Crippen LogP contribution < -0.4 is 15.8 Å². The molecular weight excluding hydrogens is 292 g/mol. The quantitative estimate of drug-likeness (QED) is 0.770. The summed E-state index contributed by atoms with van der Waals surface area (Å²) in [5.74, 6) is 1.26. The molecule has 5 heteroatoms. The van der Waals surface area contributed by atoms with Gasteiger partial charge in [0.15, 0.2) is 0 Å². The summed E-state index contributed by atoms with van der Waals surface area (Å²) in [4.78, 5) is 12.0. The Morgan fingerprint density at radius 2 is 1.96 bits per heavy atom. The zero-order valence-corrected chi connectivity index (χ0v) is 13.9. The second-order valence-corrected chi connectivity index (χ2v) is 6.21. The number of benzene rings is 1. The molecule has 128 valence electrons. The van der Waals surface area contributed by atoms with Crippen LogP contribution in [0.4, 0.5) is 0 Å². The highest BCUT2D eigenvalue weighted by Crippen LogP contribution is 2.23. The average Bonchev–Trinajstić information content (AvgIpc) is 2.61. The van der Waals surface area contributed by atoms with E-state index in [4.69, 9.17) is 15.2 Å². The Morgan fingerprint density at radius 1 is 1.26 bits per heavy atom. The number of ether oxygens (including phenoxy) is 2. The number of methoxy groups -OCH3 is 1. The number of carbonyl (C=O) groups excluding carboxylic acids is 1. The lowest BCUT2D eigenvalue weighted by Crippen LogP contribution is -2.43. The summed E-state index contributed by atoms with van der Waals surface area (Å²) in [7, 11) is 1.63. The van der Waals surface area contributed by atoms with Gasteiger partial charge in [-0.2, -0.15) is 0 Å². The Labute approximate surface area is 138 Å². The second-order valence-electron chi connectivity index (χ2n) is 6.21. The predicted octanol–water partition coefficient (Wildman–Crippen LogP) is 2.24. The van der Waals surface area contributed by atoms with E-state index in [1.54, 1.807) is 7.11 Å². The van der Waals surface area contributed by atoms with Crippen molar-refractivity contribution in [1.29, 1.82) is 0 Å². The SMILES string of the molecule is COc1ccc(CNC(=O)[C@@H](N)COCC2CCCCC2)cc1. The van der Waals surface area contributed by atoms with Gasteiger partial charge in [0.2, 0.25) is 5.91 Å². The highest BCUT2D eigenvalue weighted by molar-refractivity contribution is 5.81. The lowest BCUT2D eigenvalue weighted by atomic mass is 9.90. The van der Waals surface area contributed by atoms with Gasteiger partial charge in [-0.3, -0.25) is 4.79 Å². The van der Waals surface area contributed by atoms with Crippen molar-refractivity contribution in [3.63, 3.8) is 0 Å². The summed E-state index contributed by atoms with van der Waals surface area (Å²) in [5, 5.41) is 2.84. The first-order valence-corrected chi connectivity index (χ1v) is 8.43. The molecule has 1 aromatic rings. The number of amides is 1. The van der Waals surface area contributed by atoms with E-state index in [2.05, 4.69) is 5.32 Å². The summed E-state index contributed by atoms with van der Waals surface area (Å²) < 4.78 is 10.7. The topological polar surface area (TPSA) is 73.6 Å². The van der Waals surface area contributed by atoms with E-state index in [-0.39, 0.29) is 12.5 Å². The summed E-state index contributed by atoms with van der Waals surface area (Å²) in [6, 6.07) is 6.97. The Bertz CT molecular complexity index is 470. The normalized spacial score (nSPS) is 16.8. The van der Waals surface area contributed by atoms with Gasteiger partial charge in [0, 0.05) is 13.2 Å². The van der Waals surface area contributed by atoms with E-state index < -0.39 is 6.04 Å². The van der Waals surface area contributed by atoms with Crippen molar-refractivity contribution in [1.82, 2.24) is 5.32 Å². The lowest BCUT2D eigenvalue weighted by molar-refractivity contribution is -0.124. The molecule has 1 atom stereocenters. The van der Waals surface area contributed by atoms with E-state index in [9.17, 15) is 4.79 Å². The minimum absolute atomic E-state index is 0.176. The van der Waals surface area contributed by atoms with Crippen molar-refractivity contribution in [3.8, 4) is 5.75 Å². The zero-order valence-electron chi connectivity index (χ0n) is 13.9. The van der Waals surface area contributed by atoms with E-state index >= 15 is 0 Å². The molecule has 1 aliphatic carbocycles. The smallest absolute Gasteiger partial charge is 0.239 e. The molecule has 2 rings (SSSR count). The molecule has 0 spiro atoms. The number of hydrogen-bond acceptors (Lipinski definition) is 4. The molecule has 0 aromatic heterocycles. The Kier molecular flexibility index (Phi) is 7.36. The Morgan fingerprint density at radius 3 is 2.61 bits per heavy atom.